The van der Waals surface area contributed by atoms with E-state index in [0.29, 0.717) is 11.3 Å². The molecule has 0 heterocycles. The molecule has 0 radical (unpaired) electrons. The van der Waals surface area contributed by atoms with Gasteiger partial charge < -0.3 is 5.73 Å². The van der Waals surface area contributed by atoms with Gasteiger partial charge in [0.05, 0.1) is 16.6 Å². The molecule has 4 heteroatoms. The van der Waals surface area contributed by atoms with Gasteiger partial charge in [0.1, 0.15) is 5.82 Å². The van der Waals surface area contributed by atoms with E-state index in [-0.39, 0.29) is 11.6 Å². The van der Waals surface area contributed by atoms with Crippen molar-refractivity contribution in [2.24, 2.45) is 0 Å². The Balaban J connectivity index is 1.89. The van der Waals surface area contributed by atoms with Gasteiger partial charge in [-0.2, -0.15) is 0 Å². The fourth-order valence-corrected chi connectivity index (χ4v) is 3.42. The Morgan fingerprint density at radius 1 is 0.952 bits per heavy atom. The molecule has 3 rings (SSSR count). The van der Waals surface area contributed by atoms with Crippen molar-refractivity contribution >= 4 is 27.3 Å². The zero-order chi connectivity index (χ0) is 14.8. The first-order chi connectivity index (χ1) is 10.1. The fourth-order valence-electron chi connectivity index (χ4n) is 2.23. The average Bonchev–Trinajstić information content (AvgIpc) is 2.49. The predicted octanol–water partition coefficient (Wildman–Crippen LogP) is 3.87. The second kappa shape index (κ2) is 5.66. The summed E-state index contributed by atoms with van der Waals surface area (Å²) in [7, 11) is -1.21. The second-order valence-corrected chi connectivity index (χ2v) is 6.29. The number of halogens is 1. The van der Waals surface area contributed by atoms with E-state index in [0.717, 1.165) is 15.7 Å². The summed E-state index contributed by atoms with van der Waals surface area (Å²) >= 11 is 0. The highest BCUT2D eigenvalue weighted by Gasteiger charge is 2.09. The standard InChI is InChI=1S/C17H14FNOS/c18-15-7-5-14(17(19)10-15)11-21(20)16-8-6-12-3-1-2-4-13(12)9-16/h1-10H,11,19H2. The highest BCUT2D eigenvalue weighted by Crippen LogP contribution is 2.22. The average molecular weight is 299 g/mol. The van der Waals surface area contributed by atoms with Crippen molar-refractivity contribution < 1.29 is 8.60 Å². The van der Waals surface area contributed by atoms with Crippen LogP contribution >= 0.6 is 0 Å². The molecular weight excluding hydrogens is 285 g/mol. The van der Waals surface area contributed by atoms with Crippen LogP contribution in [0.5, 0.6) is 0 Å². The van der Waals surface area contributed by atoms with Crippen molar-refractivity contribution in [1.82, 2.24) is 0 Å². The molecule has 1 atom stereocenters. The molecule has 21 heavy (non-hydrogen) atoms. The maximum absolute atomic E-state index is 13.0. The summed E-state index contributed by atoms with van der Waals surface area (Å²) in [5.74, 6) is -0.0995. The Hall–Kier alpha value is -2.20. The molecule has 3 aromatic carbocycles. The first-order valence-corrected chi connectivity index (χ1v) is 7.86. The van der Waals surface area contributed by atoms with E-state index in [4.69, 9.17) is 5.73 Å². The van der Waals surface area contributed by atoms with Gasteiger partial charge in [0.2, 0.25) is 0 Å². The van der Waals surface area contributed by atoms with Gasteiger partial charge in [-0.05, 0) is 40.6 Å². The summed E-state index contributed by atoms with van der Waals surface area (Å²) in [5, 5.41) is 2.16. The van der Waals surface area contributed by atoms with Crippen LogP contribution in [0.4, 0.5) is 10.1 Å². The Morgan fingerprint density at radius 2 is 1.71 bits per heavy atom. The molecule has 0 aliphatic carbocycles. The third-order valence-corrected chi connectivity index (χ3v) is 4.73. The number of benzene rings is 3. The third kappa shape index (κ3) is 2.95. The van der Waals surface area contributed by atoms with E-state index in [2.05, 4.69) is 0 Å². The zero-order valence-corrected chi connectivity index (χ0v) is 12.1. The first-order valence-electron chi connectivity index (χ1n) is 6.54. The van der Waals surface area contributed by atoms with Crippen LogP contribution < -0.4 is 5.73 Å². The number of nitrogens with two attached hydrogens (primary N) is 1. The molecule has 0 saturated heterocycles. The van der Waals surface area contributed by atoms with Gasteiger partial charge in [-0.3, -0.25) is 4.21 Å². The Bertz CT molecular complexity index is 832. The first kappa shape index (κ1) is 13.8. The molecule has 2 N–H and O–H groups in total. The van der Waals surface area contributed by atoms with Crippen LogP contribution in [0.1, 0.15) is 5.56 Å². The Morgan fingerprint density at radius 3 is 2.48 bits per heavy atom. The second-order valence-electron chi connectivity index (χ2n) is 4.84. The van der Waals surface area contributed by atoms with E-state index in [1.54, 1.807) is 6.07 Å². The van der Waals surface area contributed by atoms with Crippen molar-refractivity contribution in [3.63, 3.8) is 0 Å². The van der Waals surface area contributed by atoms with E-state index < -0.39 is 10.8 Å². The number of fused-ring (bicyclic) bond motifs is 1. The van der Waals surface area contributed by atoms with Gasteiger partial charge in [-0.1, -0.05) is 36.4 Å². The van der Waals surface area contributed by atoms with Crippen LogP contribution in [0, 0.1) is 5.82 Å². The maximum atomic E-state index is 13.0. The van der Waals surface area contributed by atoms with Crippen molar-refractivity contribution in [1.29, 1.82) is 0 Å². The highest BCUT2D eigenvalue weighted by molar-refractivity contribution is 7.84. The molecule has 0 spiro atoms. The maximum Gasteiger partial charge on any atom is 0.125 e. The van der Waals surface area contributed by atoms with Crippen LogP contribution in [0.25, 0.3) is 10.8 Å². The minimum absolute atomic E-state index is 0.282. The van der Waals surface area contributed by atoms with Gasteiger partial charge in [-0.15, -0.1) is 0 Å². The molecule has 0 bridgehead atoms. The lowest BCUT2D eigenvalue weighted by molar-refractivity contribution is 0.628. The number of nitrogen functional groups attached to an aromatic ring is 1. The van der Waals surface area contributed by atoms with Crippen LogP contribution in [-0.2, 0) is 16.6 Å². The zero-order valence-electron chi connectivity index (χ0n) is 11.3. The fraction of sp³-hybridized carbons (Fsp3) is 0.0588. The van der Waals surface area contributed by atoms with E-state index >= 15 is 0 Å². The molecule has 1 unspecified atom stereocenters. The quantitative estimate of drug-likeness (QED) is 0.746. The van der Waals surface area contributed by atoms with Gasteiger partial charge in [0.25, 0.3) is 0 Å². The molecule has 0 amide bonds. The number of hydrogen-bond acceptors (Lipinski definition) is 2. The normalized spacial score (nSPS) is 12.4. The smallest absolute Gasteiger partial charge is 0.125 e. The van der Waals surface area contributed by atoms with Crippen molar-refractivity contribution in [3.8, 4) is 0 Å². The third-order valence-electron chi connectivity index (χ3n) is 3.38. The molecule has 0 aromatic heterocycles. The van der Waals surface area contributed by atoms with Crippen molar-refractivity contribution in [2.75, 3.05) is 5.73 Å². The summed E-state index contributed by atoms with van der Waals surface area (Å²) in [6.45, 7) is 0. The lowest BCUT2D eigenvalue weighted by Gasteiger charge is -2.07. The monoisotopic (exact) mass is 299 g/mol. The lowest BCUT2D eigenvalue weighted by atomic mass is 10.1. The van der Waals surface area contributed by atoms with E-state index in [9.17, 15) is 8.60 Å². The summed E-state index contributed by atoms with van der Waals surface area (Å²) in [6.07, 6.45) is 0. The molecular formula is C17H14FNOS. The van der Waals surface area contributed by atoms with E-state index in [1.165, 1.54) is 12.1 Å². The minimum atomic E-state index is -1.21. The molecule has 0 fully saturated rings. The summed E-state index contributed by atoms with van der Waals surface area (Å²) in [4.78, 5) is 0.748. The van der Waals surface area contributed by atoms with Crippen molar-refractivity contribution in [2.45, 2.75) is 10.6 Å². The van der Waals surface area contributed by atoms with Gasteiger partial charge in [-0.25, -0.2) is 4.39 Å². The number of rotatable bonds is 3. The van der Waals surface area contributed by atoms with Gasteiger partial charge >= 0.3 is 0 Å². The van der Waals surface area contributed by atoms with Gasteiger partial charge in [0, 0.05) is 10.6 Å². The molecule has 0 aliphatic heterocycles. The Labute approximate surface area is 124 Å². The van der Waals surface area contributed by atoms with Crippen LogP contribution in [0.15, 0.2) is 65.6 Å². The molecule has 3 aromatic rings. The summed E-state index contributed by atoms with van der Waals surface area (Å²) < 4.78 is 25.5. The molecule has 0 aliphatic rings. The van der Waals surface area contributed by atoms with E-state index in [1.807, 2.05) is 42.5 Å². The van der Waals surface area contributed by atoms with Crippen LogP contribution in [-0.4, -0.2) is 4.21 Å². The Kier molecular flexibility index (Phi) is 3.71. The largest absolute Gasteiger partial charge is 0.398 e. The van der Waals surface area contributed by atoms with Crippen LogP contribution in [0.3, 0.4) is 0 Å². The lowest BCUT2D eigenvalue weighted by Crippen LogP contribution is -2.01. The summed E-state index contributed by atoms with van der Waals surface area (Å²) in [6, 6.07) is 17.8. The topological polar surface area (TPSA) is 43.1 Å². The molecule has 106 valence electrons. The van der Waals surface area contributed by atoms with Crippen molar-refractivity contribution in [3.05, 3.63) is 72.0 Å². The minimum Gasteiger partial charge on any atom is -0.398 e. The van der Waals surface area contributed by atoms with Crippen LogP contribution in [0.2, 0.25) is 0 Å². The van der Waals surface area contributed by atoms with Gasteiger partial charge in [0.15, 0.2) is 0 Å². The SMILES string of the molecule is Nc1cc(F)ccc1CS(=O)c1ccc2ccccc2c1. The highest BCUT2D eigenvalue weighted by atomic mass is 32.2. The number of anilines is 1. The predicted molar refractivity (Wildman–Crippen MR) is 84.9 cm³/mol. The number of hydrogen-bond donors (Lipinski definition) is 1. The molecule has 0 saturated carbocycles. The summed E-state index contributed by atoms with van der Waals surface area (Å²) in [5.41, 5.74) is 6.80. The molecule has 2 nitrogen and oxygen atoms in total.